The van der Waals surface area contributed by atoms with E-state index in [1.807, 2.05) is 0 Å². The number of carbonyl (C=O) groups excluding carboxylic acids is 1. The molecule has 1 aromatic heterocycles. The van der Waals surface area contributed by atoms with E-state index in [0.717, 1.165) is 10.8 Å². The number of aliphatic hydroxyl groups is 2. The highest BCUT2D eigenvalue weighted by Crippen LogP contribution is 2.22. The van der Waals surface area contributed by atoms with Crippen molar-refractivity contribution in [2.45, 2.75) is 32.1 Å². The third-order valence-corrected chi connectivity index (χ3v) is 4.60. The second-order valence-electron chi connectivity index (χ2n) is 6.21. The highest BCUT2D eigenvalue weighted by atomic mass is 19.2. The lowest BCUT2D eigenvalue weighted by Gasteiger charge is -2.33. The van der Waals surface area contributed by atoms with Crippen molar-refractivity contribution in [2.24, 2.45) is 0 Å². The van der Waals surface area contributed by atoms with Crippen molar-refractivity contribution in [3.63, 3.8) is 0 Å². The molecule has 1 fully saturated rings. The molecule has 0 spiro atoms. The number of likely N-dealkylation sites (tertiary alicyclic amines) is 1. The Morgan fingerprint density at radius 2 is 1.92 bits per heavy atom. The Kier molecular flexibility index (Phi) is 4.76. The summed E-state index contributed by atoms with van der Waals surface area (Å²) in [6.45, 7) is 1.66. The van der Waals surface area contributed by atoms with E-state index in [-0.39, 0.29) is 31.6 Å². The van der Waals surface area contributed by atoms with Crippen molar-refractivity contribution in [1.29, 1.82) is 0 Å². The predicted octanol–water partition coefficient (Wildman–Crippen LogP) is 1.01. The Bertz CT molecular complexity index is 944. The van der Waals surface area contributed by atoms with Crippen LogP contribution in [0.5, 0.6) is 0 Å². The number of fused-ring (bicyclic) bond motifs is 1. The van der Waals surface area contributed by atoms with Crippen molar-refractivity contribution in [3.05, 3.63) is 45.5 Å². The first kappa shape index (κ1) is 18.4. The Balaban J connectivity index is 2.16. The molecule has 1 amide bonds. The Labute approximate surface area is 146 Å². The van der Waals surface area contributed by atoms with E-state index in [1.54, 1.807) is 6.92 Å². The average Bonchev–Trinajstić information content (AvgIpc) is 2.62. The molecule has 9 heteroatoms. The zero-order chi connectivity index (χ0) is 19.2. The summed E-state index contributed by atoms with van der Waals surface area (Å²) in [6, 6.07) is 0.577. The van der Waals surface area contributed by atoms with Gasteiger partial charge in [0, 0.05) is 25.8 Å². The minimum absolute atomic E-state index is 0.111. The number of benzene rings is 1. The van der Waals surface area contributed by atoms with Crippen LogP contribution in [0.2, 0.25) is 0 Å². The number of aliphatic hydroxyl groups excluding tert-OH is 2. The third kappa shape index (κ3) is 2.86. The summed E-state index contributed by atoms with van der Waals surface area (Å²) in [5.74, 6) is -5.42. The standard InChI is InChI=1S/C17H17F3N2O4/c1-2-21-6-9(17(26)22-4-3-11(23)12(24)7-22)16(25)8-5-10(18)13(19)14(20)15(8)21/h5-6,11-12,23-24H,2-4,7H2,1H3/t11-,12-/m0/s1. The summed E-state index contributed by atoms with van der Waals surface area (Å²) < 4.78 is 42.4. The van der Waals surface area contributed by atoms with Gasteiger partial charge in [0.2, 0.25) is 5.43 Å². The number of aromatic nitrogens is 1. The van der Waals surface area contributed by atoms with Gasteiger partial charge in [-0.05, 0) is 19.4 Å². The molecule has 1 saturated heterocycles. The molecule has 2 atom stereocenters. The first-order valence-electron chi connectivity index (χ1n) is 8.12. The maximum absolute atomic E-state index is 14.1. The first-order valence-corrected chi connectivity index (χ1v) is 8.12. The molecule has 1 aliphatic rings. The van der Waals surface area contributed by atoms with Crippen LogP contribution in [0.25, 0.3) is 10.9 Å². The van der Waals surface area contributed by atoms with Crippen LogP contribution in [0.1, 0.15) is 23.7 Å². The molecule has 1 aliphatic heterocycles. The fourth-order valence-electron chi connectivity index (χ4n) is 3.14. The van der Waals surface area contributed by atoms with E-state index in [2.05, 4.69) is 0 Å². The predicted molar refractivity (Wildman–Crippen MR) is 86.3 cm³/mol. The maximum Gasteiger partial charge on any atom is 0.259 e. The van der Waals surface area contributed by atoms with Gasteiger partial charge in [-0.1, -0.05) is 0 Å². The minimum atomic E-state index is -1.69. The van der Waals surface area contributed by atoms with Crippen molar-refractivity contribution >= 4 is 16.8 Å². The van der Waals surface area contributed by atoms with Crippen LogP contribution in [-0.4, -0.2) is 50.9 Å². The normalized spacial score (nSPS) is 20.6. The van der Waals surface area contributed by atoms with E-state index in [4.69, 9.17) is 0 Å². The highest BCUT2D eigenvalue weighted by Gasteiger charge is 2.31. The van der Waals surface area contributed by atoms with E-state index in [1.165, 1.54) is 4.90 Å². The van der Waals surface area contributed by atoms with Crippen LogP contribution in [-0.2, 0) is 6.54 Å². The summed E-state index contributed by atoms with van der Waals surface area (Å²) in [5.41, 5.74) is -1.68. The zero-order valence-electron chi connectivity index (χ0n) is 13.9. The van der Waals surface area contributed by atoms with Crippen LogP contribution in [0.15, 0.2) is 17.1 Å². The lowest BCUT2D eigenvalue weighted by Crippen LogP contribution is -2.49. The molecule has 0 unspecified atom stereocenters. The molecule has 0 radical (unpaired) electrons. The molecule has 2 heterocycles. The fourth-order valence-corrected chi connectivity index (χ4v) is 3.14. The molecule has 2 N–H and O–H groups in total. The van der Waals surface area contributed by atoms with E-state index >= 15 is 0 Å². The molecule has 140 valence electrons. The van der Waals surface area contributed by atoms with Crippen molar-refractivity contribution in [3.8, 4) is 0 Å². The van der Waals surface area contributed by atoms with Gasteiger partial charge in [-0.25, -0.2) is 13.2 Å². The molecular formula is C17H17F3N2O4. The number of amides is 1. The maximum atomic E-state index is 14.1. The molecule has 26 heavy (non-hydrogen) atoms. The SMILES string of the molecule is CCn1cc(C(=O)N2CC[C@H](O)[C@@H](O)C2)c(=O)c2cc(F)c(F)c(F)c21. The number of rotatable bonds is 2. The fraction of sp³-hybridized carbons (Fsp3) is 0.412. The van der Waals surface area contributed by atoms with Crippen molar-refractivity contribution in [2.75, 3.05) is 13.1 Å². The Hall–Kier alpha value is -2.39. The Morgan fingerprint density at radius 3 is 2.54 bits per heavy atom. The van der Waals surface area contributed by atoms with Gasteiger partial charge < -0.3 is 19.7 Å². The lowest BCUT2D eigenvalue weighted by atomic mass is 10.0. The van der Waals surface area contributed by atoms with E-state index in [0.29, 0.717) is 6.07 Å². The van der Waals surface area contributed by atoms with Gasteiger partial charge in [0.15, 0.2) is 17.5 Å². The largest absolute Gasteiger partial charge is 0.390 e. The van der Waals surface area contributed by atoms with Crippen LogP contribution in [0.3, 0.4) is 0 Å². The second kappa shape index (κ2) is 6.73. The number of aryl methyl sites for hydroxylation is 1. The molecule has 0 bridgehead atoms. The summed E-state index contributed by atoms with van der Waals surface area (Å²) in [7, 11) is 0. The van der Waals surface area contributed by atoms with Crippen LogP contribution < -0.4 is 5.43 Å². The molecule has 0 aliphatic carbocycles. The van der Waals surface area contributed by atoms with E-state index in [9.17, 15) is 33.0 Å². The topological polar surface area (TPSA) is 82.8 Å². The second-order valence-corrected chi connectivity index (χ2v) is 6.21. The highest BCUT2D eigenvalue weighted by molar-refractivity contribution is 5.97. The number of halogens is 3. The van der Waals surface area contributed by atoms with Gasteiger partial charge in [0.25, 0.3) is 5.91 Å². The number of β-amino-alcohol motifs (C(OH)–C–C–N with tert-alkyl or cyclic N) is 1. The molecule has 1 aromatic carbocycles. The van der Waals surface area contributed by atoms with Crippen LogP contribution in [0.4, 0.5) is 13.2 Å². The number of carbonyl (C=O) groups is 1. The van der Waals surface area contributed by atoms with Crippen LogP contribution in [0, 0.1) is 17.5 Å². The first-order chi connectivity index (χ1) is 12.3. The van der Waals surface area contributed by atoms with E-state index < -0.39 is 51.9 Å². The summed E-state index contributed by atoms with van der Waals surface area (Å²) >= 11 is 0. The van der Waals surface area contributed by atoms with Gasteiger partial charge in [-0.3, -0.25) is 9.59 Å². The molecule has 0 saturated carbocycles. The van der Waals surface area contributed by atoms with Gasteiger partial charge in [-0.15, -0.1) is 0 Å². The summed E-state index contributed by atoms with van der Waals surface area (Å²) in [5, 5.41) is 18.8. The zero-order valence-corrected chi connectivity index (χ0v) is 13.9. The average molecular weight is 370 g/mol. The van der Waals surface area contributed by atoms with Gasteiger partial charge in [-0.2, -0.15) is 0 Å². The Morgan fingerprint density at radius 1 is 1.23 bits per heavy atom. The molecule has 3 rings (SSSR count). The number of hydrogen-bond donors (Lipinski definition) is 2. The number of hydrogen-bond acceptors (Lipinski definition) is 4. The molecular weight excluding hydrogens is 353 g/mol. The van der Waals surface area contributed by atoms with Gasteiger partial charge in [0.1, 0.15) is 5.56 Å². The molecule has 6 nitrogen and oxygen atoms in total. The monoisotopic (exact) mass is 370 g/mol. The summed E-state index contributed by atoms with van der Waals surface area (Å²) in [6.07, 6.45) is -0.874. The van der Waals surface area contributed by atoms with Gasteiger partial charge >= 0.3 is 0 Å². The van der Waals surface area contributed by atoms with Crippen LogP contribution >= 0.6 is 0 Å². The van der Waals surface area contributed by atoms with Crippen molar-refractivity contribution in [1.82, 2.24) is 9.47 Å². The third-order valence-electron chi connectivity index (χ3n) is 4.60. The number of nitrogens with zero attached hydrogens (tertiary/aromatic N) is 2. The summed E-state index contributed by atoms with van der Waals surface area (Å²) in [4.78, 5) is 26.5. The minimum Gasteiger partial charge on any atom is -0.390 e. The number of pyridine rings is 1. The number of piperidine rings is 1. The smallest absolute Gasteiger partial charge is 0.259 e. The quantitative estimate of drug-likeness (QED) is 0.773. The van der Waals surface area contributed by atoms with Crippen molar-refractivity contribution < 1.29 is 28.2 Å². The van der Waals surface area contributed by atoms with Gasteiger partial charge in [0.05, 0.1) is 23.1 Å². The lowest BCUT2D eigenvalue weighted by molar-refractivity contribution is -0.0322. The molecule has 2 aromatic rings.